The number of aliphatic imine (C=N–C) groups is 1. The third-order valence-corrected chi connectivity index (χ3v) is 4.14. The van der Waals surface area contributed by atoms with Crippen LogP contribution in [0, 0.1) is 0 Å². The second-order valence-corrected chi connectivity index (χ2v) is 6.66. The Balaban J connectivity index is 0.00000420. The molecule has 0 aliphatic heterocycles. The summed E-state index contributed by atoms with van der Waals surface area (Å²) in [5.41, 5.74) is 2.24. The quantitative estimate of drug-likeness (QED) is 0.290. The number of guanidine groups is 1. The Morgan fingerprint density at radius 1 is 1.03 bits per heavy atom. The number of likely N-dealkylation sites (N-methyl/N-ethyl adjacent to an activating group) is 1. The number of para-hydroxylation sites is 1. The van der Waals surface area contributed by atoms with Gasteiger partial charge in [-0.3, -0.25) is 0 Å². The molecule has 2 aromatic rings. The lowest BCUT2D eigenvalue weighted by atomic mass is 10.2. The number of hydrogen-bond donors (Lipinski definition) is 2. The highest BCUT2D eigenvalue weighted by atomic mass is 127. The van der Waals surface area contributed by atoms with Gasteiger partial charge in [0.1, 0.15) is 18.1 Å². The van der Waals surface area contributed by atoms with Gasteiger partial charge in [0.2, 0.25) is 0 Å². The molecular formula is C22H33IN4O2. The molecule has 0 spiro atoms. The number of nitrogens with zero attached hydrogens (tertiary/aromatic N) is 2. The van der Waals surface area contributed by atoms with Crippen molar-refractivity contribution in [2.75, 3.05) is 40.9 Å². The van der Waals surface area contributed by atoms with Gasteiger partial charge in [0.15, 0.2) is 5.96 Å². The maximum atomic E-state index is 5.94. The Hall–Kier alpha value is -2.00. The SMILES string of the molecule is CCNC(=NCc1ccc(OC)cc1)NCc1ccccc1OCCN(C)C.I. The minimum Gasteiger partial charge on any atom is -0.497 e. The number of hydrogen-bond acceptors (Lipinski definition) is 4. The fourth-order valence-corrected chi connectivity index (χ4v) is 2.55. The molecule has 160 valence electrons. The predicted molar refractivity (Wildman–Crippen MR) is 131 cm³/mol. The number of halogens is 1. The predicted octanol–water partition coefficient (Wildman–Crippen LogP) is 3.51. The number of nitrogens with one attached hydrogen (secondary N) is 2. The van der Waals surface area contributed by atoms with Crippen LogP contribution in [0.3, 0.4) is 0 Å². The second kappa shape index (κ2) is 14.1. The highest BCUT2D eigenvalue weighted by molar-refractivity contribution is 14.0. The van der Waals surface area contributed by atoms with Gasteiger partial charge in [0, 0.05) is 25.2 Å². The standard InChI is InChI=1S/C22H32N4O2.HI/c1-5-23-22(24-16-18-10-12-20(27-4)13-11-18)25-17-19-8-6-7-9-21(19)28-15-14-26(2)3;/h6-13H,5,14-17H2,1-4H3,(H2,23,24,25);1H. The van der Waals surface area contributed by atoms with Crippen molar-refractivity contribution in [1.82, 2.24) is 15.5 Å². The lowest BCUT2D eigenvalue weighted by molar-refractivity contribution is 0.259. The van der Waals surface area contributed by atoms with Gasteiger partial charge < -0.3 is 25.0 Å². The number of methoxy groups -OCH3 is 1. The average molecular weight is 512 g/mol. The van der Waals surface area contributed by atoms with E-state index in [0.29, 0.717) is 19.7 Å². The monoisotopic (exact) mass is 512 g/mol. The van der Waals surface area contributed by atoms with Gasteiger partial charge in [-0.25, -0.2) is 4.99 Å². The van der Waals surface area contributed by atoms with Crippen LogP contribution in [0.1, 0.15) is 18.1 Å². The largest absolute Gasteiger partial charge is 0.497 e. The summed E-state index contributed by atoms with van der Waals surface area (Å²) in [5.74, 6) is 2.54. The van der Waals surface area contributed by atoms with Crippen LogP contribution in [-0.4, -0.2) is 51.8 Å². The van der Waals surface area contributed by atoms with Gasteiger partial charge in [-0.2, -0.15) is 0 Å². The Morgan fingerprint density at radius 3 is 2.41 bits per heavy atom. The van der Waals surface area contributed by atoms with Gasteiger partial charge in [-0.05, 0) is 44.8 Å². The fourth-order valence-electron chi connectivity index (χ4n) is 2.55. The highest BCUT2D eigenvalue weighted by Gasteiger charge is 2.05. The maximum Gasteiger partial charge on any atom is 0.191 e. The summed E-state index contributed by atoms with van der Waals surface area (Å²) in [6.45, 7) is 5.65. The smallest absolute Gasteiger partial charge is 0.191 e. The first-order valence-corrected chi connectivity index (χ1v) is 9.63. The Labute approximate surface area is 191 Å². The van der Waals surface area contributed by atoms with E-state index in [4.69, 9.17) is 9.47 Å². The molecule has 0 amide bonds. The van der Waals surface area contributed by atoms with Crippen LogP contribution < -0.4 is 20.1 Å². The molecule has 0 aliphatic carbocycles. The molecular weight excluding hydrogens is 479 g/mol. The molecule has 2 N–H and O–H groups in total. The zero-order valence-electron chi connectivity index (χ0n) is 17.8. The van der Waals surface area contributed by atoms with Crippen molar-refractivity contribution < 1.29 is 9.47 Å². The summed E-state index contributed by atoms with van der Waals surface area (Å²) in [4.78, 5) is 6.78. The molecule has 0 atom stereocenters. The summed E-state index contributed by atoms with van der Waals surface area (Å²) >= 11 is 0. The first-order valence-electron chi connectivity index (χ1n) is 9.63. The molecule has 0 radical (unpaired) electrons. The van der Waals surface area contributed by atoms with Crippen molar-refractivity contribution in [3.63, 3.8) is 0 Å². The molecule has 0 unspecified atom stereocenters. The van der Waals surface area contributed by atoms with E-state index in [-0.39, 0.29) is 24.0 Å². The van der Waals surface area contributed by atoms with E-state index in [1.54, 1.807) is 7.11 Å². The van der Waals surface area contributed by atoms with Crippen LogP contribution in [-0.2, 0) is 13.1 Å². The van der Waals surface area contributed by atoms with E-state index in [2.05, 4.69) is 33.5 Å². The summed E-state index contributed by atoms with van der Waals surface area (Å²) in [6.07, 6.45) is 0. The van der Waals surface area contributed by atoms with Crippen molar-refractivity contribution >= 4 is 29.9 Å². The van der Waals surface area contributed by atoms with Gasteiger partial charge in [0.25, 0.3) is 0 Å². The van der Waals surface area contributed by atoms with Crippen LogP contribution in [0.15, 0.2) is 53.5 Å². The van der Waals surface area contributed by atoms with Crippen LogP contribution >= 0.6 is 24.0 Å². The van der Waals surface area contributed by atoms with Crippen molar-refractivity contribution in [1.29, 1.82) is 0 Å². The molecule has 0 aromatic heterocycles. The summed E-state index contributed by atoms with van der Waals surface area (Å²) < 4.78 is 11.1. The molecule has 2 aromatic carbocycles. The van der Waals surface area contributed by atoms with Crippen molar-refractivity contribution in [2.45, 2.75) is 20.0 Å². The number of rotatable bonds is 10. The fraction of sp³-hybridized carbons (Fsp3) is 0.409. The topological polar surface area (TPSA) is 58.1 Å². The molecule has 2 rings (SSSR count). The van der Waals surface area contributed by atoms with E-state index >= 15 is 0 Å². The zero-order valence-corrected chi connectivity index (χ0v) is 20.1. The molecule has 0 aliphatic rings. The lowest BCUT2D eigenvalue weighted by Gasteiger charge is -2.16. The van der Waals surface area contributed by atoms with E-state index in [1.807, 2.05) is 56.6 Å². The molecule has 6 nitrogen and oxygen atoms in total. The van der Waals surface area contributed by atoms with E-state index in [0.717, 1.165) is 41.7 Å². The van der Waals surface area contributed by atoms with E-state index < -0.39 is 0 Å². The molecule has 29 heavy (non-hydrogen) atoms. The summed E-state index contributed by atoms with van der Waals surface area (Å²) in [5, 5.41) is 6.68. The molecule has 7 heteroatoms. The van der Waals surface area contributed by atoms with Crippen LogP contribution in [0.5, 0.6) is 11.5 Å². The average Bonchev–Trinajstić information content (AvgIpc) is 2.71. The van der Waals surface area contributed by atoms with Crippen LogP contribution in [0.4, 0.5) is 0 Å². The summed E-state index contributed by atoms with van der Waals surface area (Å²) in [6, 6.07) is 16.1. The first-order chi connectivity index (χ1) is 13.6. The van der Waals surface area contributed by atoms with Gasteiger partial charge in [-0.15, -0.1) is 24.0 Å². The lowest BCUT2D eigenvalue weighted by Crippen LogP contribution is -2.36. The van der Waals surface area contributed by atoms with Crippen molar-refractivity contribution in [2.24, 2.45) is 4.99 Å². The van der Waals surface area contributed by atoms with Crippen molar-refractivity contribution in [3.8, 4) is 11.5 Å². The van der Waals surface area contributed by atoms with Gasteiger partial charge in [0.05, 0.1) is 13.7 Å². The van der Waals surface area contributed by atoms with E-state index in [9.17, 15) is 0 Å². The molecule has 0 saturated heterocycles. The number of ether oxygens (including phenoxy) is 2. The van der Waals surface area contributed by atoms with Gasteiger partial charge >= 0.3 is 0 Å². The van der Waals surface area contributed by atoms with Gasteiger partial charge in [-0.1, -0.05) is 30.3 Å². The summed E-state index contributed by atoms with van der Waals surface area (Å²) in [7, 11) is 5.75. The Kier molecular flexibility index (Phi) is 12.1. The normalized spacial score (nSPS) is 11.0. The Bertz CT molecular complexity index is 736. The minimum atomic E-state index is 0. The van der Waals surface area contributed by atoms with E-state index in [1.165, 1.54) is 0 Å². The third kappa shape index (κ3) is 9.36. The maximum absolute atomic E-state index is 5.94. The molecule has 0 bridgehead atoms. The third-order valence-electron chi connectivity index (χ3n) is 4.14. The van der Waals surface area contributed by atoms with Crippen molar-refractivity contribution in [3.05, 3.63) is 59.7 Å². The minimum absolute atomic E-state index is 0. The zero-order chi connectivity index (χ0) is 20.2. The highest BCUT2D eigenvalue weighted by Crippen LogP contribution is 2.17. The van der Waals surface area contributed by atoms with Crippen LogP contribution in [0.25, 0.3) is 0 Å². The number of benzene rings is 2. The Morgan fingerprint density at radius 2 is 1.76 bits per heavy atom. The molecule has 0 saturated carbocycles. The second-order valence-electron chi connectivity index (χ2n) is 6.66. The molecule has 0 fully saturated rings. The van der Waals surface area contributed by atoms with Crippen LogP contribution in [0.2, 0.25) is 0 Å². The first kappa shape index (κ1) is 25.0. The molecule has 0 heterocycles.